The molecule has 206 valence electrons. The van der Waals surface area contributed by atoms with E-state index < -0.39 is 5.97 Å². The van der Waals surface area contributed by atoms with Crippen molar-refractivity contribution in [1.29, 1.82) is 0 Å². The molecule has 5 nitrogen and oxygen atoms in total. The van der Waals surface area contributed by atoms with E-state index in [1.165, 1.54) is 6.92 Å². The van der Waals surface area contributed by atoms with Gasteiger partial charge in [-0.05, 0) is 85.9 Å². The average molecular weight is 513 g/mol. The van der Waals surface area contributed by atoms with Crippen LogP contribution in [0.4, 0.5) is 0 Å². The molecule has 4 aliphatic carbocycles. The molecule has 0 aromatic rings. The fourth-order valence-corrected chi connectivity index (χ4v) is 9.60. The number of ketones is 1. The molecular weight excluding hydrogens is 464 g/mol. The summed E-state index contributed by atoms with van der Waals surface area (Å²) in [5.74, 6) is 0.140. The normalized spacial score (nSPS) is 38.8. The zero-order chi connectivity index (χ0) is 27.6. The Balaban J connectivity index is 1.67. The average Bonchev–Trinajstić information content (AvgIpc) is 3.09. The summed E-state index contributed by atoms with van der Waals surface area (Å²) in [5.41, 5.74) is 3.68. The molecule has 2 saturated carbocycles. The lowest BCUT2D eigenvalue weighted by Gasteiger charge is -2.61. The lowest BCUT2D eigenvalue weighted by Crippen LogP contribution is -2.54. The third-order valence-corrected chi connectivity index (χ3v) is 12.1. The molecule has 0 spiro atoms. The van der Waals surface area contributed by atoms with Crippen LogP contribution in [0.15, 0.2) is 22.8 Å². The number of esters is 1. The number of carboxylic acids is 1. The number of fused-ring (bicyclic) bond motifs is 4. The highest BCUT2D eigenvalue weighted by Gasteiger charge is 2.63. The van der Waals surface area contributed by atoms with E-state index in [2.05, 4.69) is 41.5 Å². The molecule has 0 aromatic heterocycles. The number of aliphatic carboxylic acids is 1. The first-order valence-electron chi connectivity index (χ1n) is 14.4. The first kappa shape index (κ1) is 28.1. The Morgan fingerprint density at radius 3 is 2.30 bits per heavy atom. The van der Waals surface area contributed by atoms with Crippen molar-refractivity contribution in [3.05, 3.63) is 22.8 Å². The third-order valence-electron chi connectivity index (χ3n) is 12.1. The number of carboxylic acid groups (broad SMARTS) is 1. The molecule has 1 unspecified atom stereocenters. The van der Waals surface area contributed by atoms with Crippen molar-refractivity contribution in [2.24, 2.45) is 39.4 Å². The Hall–Kier alpha value is -1.91. The number of ether oxygens (including phenoxy) is 1. The summed E-state index contributed by atoms with van der Waals surface area (Å²) in [4.78, 5) is 36.3. The van der Waals surface area contributed by atoms with Gasteiger partial charge in [0.2, 0.25) is 0 Å². The Bertz CT molecular complexity index is 1050. The maximum Gasteiger partial charge on any atom is 0.330 e. The highest BCUT2D eigenvalue weighted by atomic mass is 16.5. The molecular formula is C32H48O5. The number of hydrogen-bond donors (Lipinski definition) is 1. The van der Waals surface area contributed by atoms with Gasteiger partial charge in [-0.15, -0.1) is 0 Å². The fourth-order valence-electron chi connectivity index (χ4n) is 9.60. The summed E-state index contributed by atoms with van der Waals surface area (Å²) in [6.07, 6.45) is 10.1. The van der Waals surface area contributed by atoms with E-state index in [0.29, 0.717) is 30.5 Å². The predicted octanol–water partition coefficient (Wildman–Crippen LogP) is 7.29. The molecule has 0 heterocycles. The quantitative estimate of drug-likeness (QED) is 0.229. The molecule has 2 fully saturated rings. The lowest BCUT2D eigenvalue weighted by atomic mass is 9.43. The summed E-state index contributed by atoms with van der Waals surface area (Å²) in [5, 5.41) is 9.32. The summed E-state index contributed by atoms with van der Waals surface area (Å²) in [7, 11) is 0. The van der Waals surface area contributed by atoms with Gasteiger partial charge in [-0.1, -0.05) is 58.8 Å². The van der Waals surface area contributed by atoms with Gasteiger partial charge in [0.25, 0.3) is 0 Å². The van der Waals surface area contributed by atoms with Crippen LogP contribution in [0, 0.1) is 39.4 Å². The van der Waals surface area contributed by atoms with Gasteiger partial charge in [0, 0.05) is 30.8 Å². The lowest BCUT2D eigenvalue weighted by molar-refractivity contribution is -0.151. The zero-order valence-corrected chi connectivity index (χ0v) is 24.3. The van der Waals surface area contributed by atoms with Crippen molar-refractivity contribution in [2.45, 2.75) is 119 Å². The number of allylic oxidation sites excluding steroid dienone is 2. The SMILES string of the molecule is CC(=O)O[C@@H](C/C=C(\C)C(=O)O)[C@@H](C)[C@H]1CC[C@@]2(C)C3=C(CC[C@]12C)[C@@]1(C)CCC(=O)C(C)(C)C1CC3. The number of rotatable bonds is 6. The zero-order valence-electron chi connectivity index (χ0n) is 24.3. The fraction of sp³-hybridized carbons (Fsp3) is 0.781. The van der Waals surface area contributed by atoms with E-state index in [-0.39, 0.29) is 45.2 Å². The first-order valence-corrected chi connectivity index (χ1v) is 14.4. The van der Waals surface area contributed by atoms with Crippen LogP contribution in [0.1, 0.15) is 113 Å². The van der Waals surface area contributed by atoms with E-state index >= 15 is 0 Å². The van der Waals surface area contributed by atoms with Gasteiger partial charge in [-0.25, -0.2) is 4.79 Å². The number of carbonyl (C=O) groups excluding carboxylic acids is 2. The van der Waals surface area contributed by atoms with Crippen molar-refractivity contribution < 1.29 is 24.2 Å². The highest BCUT2D eigenvalue weighted by Crippen LogP contribution is 2.72. The van der Waals surface area contributed by atoms with Gasteiger partial charge in [-0.3, -0.25) is 9.59 Å². The molecule has 0 saturated heterocycles. The highest BCUT2D eigenvalue weighted by molar-refractivity contribution is 5.86. The second-order valence-corrected chi connectivity index (χ2v) is 13.9. The molecule has 4 aliphatic rings. The van der Waals surface area contributed by atoms with Crippen LogP contribution >= 0.6 is 0 Å². The van der Waals surface area contributed by atoms with E-state index in [1.54, 1.807) is 24.1 Å². The molecule has 5 heteroatoms. The van der Waals surface area contributed by atoms with E-state index in [9.17, 15) is 19.5 Å². The Labute approximate surface area is 223 Å². The second kappa shape index (κ2) is 9.38. The first-order chi connectivity index (χ1) is 17.1. The van der Waals surface area contributed by atoms with Crippen molar-refractivity contribution in [2.75, 3.05) is 0 Å². The Morgan fingerprint density at radius 2 is 1.68 bits per heavy atom. The Morgan fingerprint density at radius 1 is 1.00 bits per heavy atom. The third kappa shape index (κ3) is 4.23. The summed E-state index contributed by atoms with van der Waals surface area (Å²) >= 11 is 0. The van der Waals surface area contributed by atoms with Crippen LogP contribution in [0.3, 0.4) is 0 Å². The van der Waals surface area contributed by atoms with Crippen molar-refractivity contribution in [3.63, 3.8) is 0 Å². The van der Waals surface area contributed by atoms with E-state index in [1.807, 2.05) is 0 Å². The van der Waals surface area contributed by atoms with Crippen LogP contribution in [-0.4, -0.2) is 28.9 Å². The number of Topliss-reactive ketones (excluding diaryl/α,β-unsaturated/α-hetero) is 1. The van der Waals surface area contributed by atoms with Gasteiger partial charge >= 0.3 is 11.9 Å². The van der Waals surface area contributed by atoms with Gasteiger partial charge in [-0.2, -0.15) is 0 Å². The number of hydrogen-bond acceptors (Lipinski definition) is 4. The van der Waals surface area contributed by atoms with Crippen molar-refractivity contribution >= 4 is 17.7 Å². The predicted molar refractivity (Wildman–Crippen MR) is 145 cm³/mol. The topological polar surface area (TPSA) is 80.7 Å². The van der Waals surface area contributed by atoms with Crippen LogP contribution in [0.25, 0.3) is 0 Å². The molecule has 0 bridgehead atoms. The van der Waals surface area contributed by atoms with Gasteiger partial charge < -0.3 is 9.84 Å². The molecule has 1 N–H and O–H groups in total. The molecule has 0 radical (unpaired) electrons. The van der Waals surface area contributed by atoms with Gasteiger partial charge in [0.1, 0.15) is 11.9 Å². The smallest absolute Gasteiger partial charge is 0.330 e. The van der Waals surface area contributed by atoms with Crippen LogP contribution in [0.2, 0.25) is 0 Å². The van der Waals surface area contributed by atoms with E-state index in [0.717, 1.165) is 44.9 Å². The molecule has 0 aromatic carbocycles. The van der Waals surface area contributed by atoms with Gasteiger partial charge in [0.15, 0.2) is 0 Å². The minimum absolute atomic E-state index is 0.0956. The van der Waals surface area contributed by atoms with Crippen molar-refractivity contribution in [3.8, 4) is 0 Å². The largest absolute Gasteiger partial charge is 0.478 e. The molecule has 0 aliphatic heterocycles. The summed E-state index contributed by atoms with van der Waals surface area (Å²) < 4.78 is 5.82. The monoisotopic (exact) mass is 512 g/mol. The van der Waals surface area contributed by atoms with Crippen LogP contribution in [-0.2, 0) is 19.1 Å². The molecule has 37 heavy (non-hydrogen) atoms. The summed E-state index contributed by atoms with van der Waals surface area (Å²) in [6, 6.07) is 0. The summed E-state index contributed by atoms with van der Waals surface area (Å²) in [6.45, 7) is 17.0. The van der Waals surface area contributed by atoms with Crippen LogP contribution < -0.4 is 0 Å². The number of carbonyl (C=O) groups is 3. The molecule has 4 rings (SSSR count). The minimum Gasteiger partial charge on any atom is -0.478 e. The Kier molecular flexibility index (Phi) is 7.12. The maximum atomic E-state index is 12.9. The standard InChI is InChI=1S/C32H48O5/c1-19(28(35)36)9-11-25(37-21(3)33)20(2)22-13-17-32(8)24-10-12-26-29(4,5)27(34)15-16-30(26,6)23(24)14-18-31(22,32)7/h9,20,22,25-26H,10-18H2,1-8H3,(H,35,36)/b19-9+/t20-,22+,25-,26?,30+,31+,32-/m0/s1. The second-order valence-electron chi connectivity index (χ2n) is 13.9. The van der Waals surface area contributed by atoms with Crippen LogP contribution in [0.5, 0.6) is 0 Å². The maximum absolute atomic E-state index is 12.9. The van der Waals surface area contributed by atoms with Gasteiger partial charge in [0.05, 0.1) is 0 Å². The molecule has 7 atom stereocenters. The molecule has 0 amide bonds. The minimum atomic E-state index is -0.932. The van der Waals surface area contributed by atoms with E-state index in [4.69, 9.17) is 4.74 Å². The van der Waals surface area contributed by atoms with Crippen molar-refractivity contribution in [1.82, 2.24) is 0 Å².